The van der Waals surface area contributed by atoms with Crippen molar-refractivity contribution in [3.63, 3.8) is 0 Å². The molecule has 3 aromatic carbocycles. The Bertz CT molecular complexity index is 1390. The van der Waals surface area contributed by atoms with Gasteiger partial charge in [-0.05, 0) is 53.6 Å². The number of aliphatic hydroxyl groups excluding tert-OH is 1. The van der Waals surface area contributed by atoms with Gasteiger partial charge in [-0.1, -0.05) is 24.3 Å². The van der Waals surface area contributed by atoms with Crippen LogP contribution in [0.2, 0.25) is 0 Å². The average Bonchev–Trinajstić information content (AvgIpc) is 3.17. The summed E-state index contributed by atoms with van der Waals surface area (Å²) in [6, 6.07) is 16.7. The Morgan fingerprint density at radius 3 is 2.16 bits per heavy atom. The van der Waals surface area contributed by atoms with Crippen LogP contribution >= 0.6 is 0 Å². The molecule has 1 heterocycles. The Kier molecular flexibility index (Phi) is 7.15. The molecule has 3 aromatic rings. The molecule has 1 atom stereocenters. The number of hydrogen-bond acceptors (Lipinski definition) is 7. The number of aliphatic hydroxyl groups is 1. The van der Waals surface area contributed by atoms with E-state index in [0.29, 0.717) is 22.6 Å². The van der Waals surface area contributed by atoms with Gasteiger partial charge < -0.3 is 29.3 Å². The Morgan fingerprint density at radius 1 is 0.865 bits per heavy atom. The summed E-state index contributed by atoms with van der Waals surface area (Å²) < 4.78 is 16.0. The molecule has 1 fully saturated rings. The normalized spacial score (nSPS) is 16.5. The number of benzene rings is 3. The zero-order chi connectivity index (χ0) is 26.7. The molecular weight excluding hydrogens is 478 g/mol. The molecular formula is C28H25NO8. The fourth-order valence-corrected chi connectivity index (χ4v) is 4.29. The van der Waals surface area contributed by atoms with E-state index in [9.17, 15) is 24.6 Å². The van der Waals surface area contributed by atoms with Crippen LogP contribution in [0.4, 0.5) is 0 Å². The first-order valence-electron chi connectivity index (χ1n) is 11.3. The number of aromatic carboxylic acids is 1. The lowest BCUT2D eigenvalue weighted by Gasteiger charge is -2.26. The molecule has 0 spiro atoms. The molecule has 9 nitrogen and oxygen atoms in total. The van der Waals surface area contributed by atoms with Crippen LogP contribution in [0.1, 0.15) is 33.1 Å². The lowest BCUT2D eigenvalue weighted by Crippen LogP contribution is -2.29. The molecule has 37 heavy (non-hydrogen) atoms. The summed E-state index contributed by atoms with van der Waals surface area (Å²) in [6.07, 6.45) is 0. The summed E-state index contributed by atoms with van der Waals surface area (Å²) in [5.74, 6) is -1.93. The van der Waals surface area contributed by atoms with Crippen LogP contribution in [-0.2, 0) is 16.1 Å². The smallest absolute Gasteiger partial charge is 0.335 e. The lowest BCUT2D eigenvalue weighted by molar-refractivity contribution is -0.140. The first-order chi connectivity index (χ1) is 17.8. The number of Topliss-reactive ketones (excluding diaryl/α,β-unsaturated/α-hetero) is 1. The zero-order valence-electron chi connectivity index (χ0n) is 20.4. The van der Waals surface area contributed by atoms with Gasteiger partial charge in [-0.25, -0.2) is 4.79 Å². The third-order valence-electron chi connectivity index (χ3n) is 6.17. The number of methoxy groups -OCH3 is 3. The fraction of sp³-hybridized carbons (Fsp3) is 0.179. The Morgan fingerprint density at radius 2 is 1.54 bits per heavy atom. The lowest BCUT2D eigenvalue weighted by atomic mass is 9.94. The highest BCUT2D eigenvalue weighted by Gasteiger charge is 2.46. The maximum atomic E-state index is 13.4. The third-order valence-corrected chi connectivity index (χ3v) is 6.17. The van der Waals surface area contributed by atoms with Crippen LogP contribution in [0.15, 0.2) is 72.3 Å². The number of carboxylic acids is 1. The molecule has 0 radical (unpaired) electrons. The van der Waals surface area contributed by atoms with Crippen LogP contribution in [0.3, 0.4) is 0 Å². The van der Waals surface area contributed by atoms with E-state index in [0.717, 1.165) is 0 Å². The summed E-state index contributed by atoms with van der Waals surface area (Å²) in [7, 11) is 4.40. The third kappa shape index (κ3) is 4.84. The molecule has 2 N–H and O–H groups in total. The zero-order valence-corrected chi connectivity index (χ0v) is 20.4. The molecule has 0 aliphatic carbocycles. The van der Waals surface area contributed by atoms with Crippen molar-refractivity contribution in [3.8, 4) is 17.2 Å². The minimum absolute atomic E-state index is 0.00161. The molecule has 190 valence electrons. The Hall–Kier alpha value is -4.79. The maximum absolute atomic E-state index is 13.4. The first kappa shape index (κ1) is 25.3. The van der Waals surface area contributed by atoms with Crippen molar-refractivity contribution in [1.29, 1.82) is 0 Å². The SMILES string of the molecule is COc1cccc(C2/C(=C(\O)c3cc(OC)ccc3OC)C(=O)C(=O)N2Cc2ccc(C(=O)O)cc2)c1. The summed E-state index contributed by atoms with van der Waals surface area (Å²) in [6.45, 7) is -0.00161. The Labute approximate surface area is 213 Å². The number of amides is 1. The van der Waals surface area contributed by atoms with Gasteiger partial charge in [-0.15, -0.1) is 0 Å². The average molecular weight is 504 g/mol. The van der Waals surface area contributed by atoms with Gasteiger partial charge in [0.2, 0.25) is 0 Å². The van der Waals surface area contributed by atoms with E-state index in [-0.39, 0.29) is 29.0 Å². The van der Waals surface area contributed by atoms with Crippen molar-refractivity contribution in [2.45, 2.75) is 12.6 Å². The van der Waals surface area contributed by atoms with Crippen molar-refractivity contribution >= 4 is 23.4 Å². The molecule has 1 aliphatic heterocycles. The second kappa shape index (κ2) is 10.4. The van der Waals surface area contributed by atoms with E-state index in [2.05, 4.69) is 0 Å². The van der Waals surface area contributed by atoms with Crippen LogP contribution in [0.25, 0.3) is 5.76 Å². The highest BCUT2D eigenvalue weighted by molar-refractivity contribution is 6.46. The Balaban J connectivity index is 1.88. The first-order valence-corrected chi connectivity index (χ1v) is 11.3. The van der Waals surface area contributed by atoms with E-state index in [1.807, 2.05) is 0 Å². The van der Waals surface area contributed by atoms with Crippen LogP contribution in [-0.4, -0.2) is 54.1 Å². The van der Waals surface area contributed by atoms with Gasteiger partial charge in [0.25, 0.3) is 11.7 Å². The summed E-state index contributed by atoms with van der Waals surface area (Å²) >= 11 is 0. The number of rotatable bonds is 8. The number of nitrogens with zero attached hydrogens (tertiary/aromatic N) is 1. The van der Waals surface area contributed by atoms with Gasteiger partial charge in [-0.2, -0.15) is 0 Å². The number of carboxylic acid groups (broad SMARTS) is 1. The highest BCUT2D eigenvalue weighted by Crippen LogP contribution is 2.43. The topological polar surface area (TPSA) is 123 Å². The van der Waals surface area contributed by atoms with Gasteiger partial charge in [0.05, 0.1) is 44.1 Å². The van der Waals surface area contributed by atoms with Crippen molar-refractivity contribution in [3.05, 3.63) is 94.6 Å². The number of hydrogen-bond donors (Lipinski definition) is 2. The molecule has 9 heteroatoms. The van der Waals surface area contributed by atoms with Crippen LogP contribution in [0.5, 0.6) is 17.2 Å². The molecule has 1 amide bonds. The number of likely N-dealkylation sites (tertiary alicyclic amines) is 1. The molecule has 0 saturated carbocycles. The predicted molar refractivity (Wildman–Crippen MR) is 134 cm³/mol. The quantitative estimate of drug-likeness (QED) is 0.268. The van der Waals surface area contributed by atoms with Gasteiger partial charge in [0.1, 0.15) is 23.0 Å². The van der Waals surface area contributed by atoms with Crippen LogP contribution in [0, 0.1) is 0 Å². The van der Waals surface area contributed by atoms with Crippen molar-refractivity contribution in [2.24, 2.45) is 0 Å². The monoisotopic (exact) mass is 503 g/mol. The molecule has 0 aromatic heterocycles. The highest BCUT2D eigenvalue weighted by atomic mass is 16.5. The standard InChI is InChI=1S/C28H25NO8/c1-35-19-6-4-5-18(13-19)24-23(25(30)21-14-20(36-2)11-12-22(21)37-3)26(31)27(32)29(24)15-16-7-9-17(10-8-16)28(33)34/h4-14,24,30H,15H2,1-3H3,(H,33,34)/b25-23+. The second-order valence-corrected chi connectivity index (χ2v) is 8.27. The predicted octanol–water partition coefficient (Wildman–Crippen LogP) is 4.03. The fourth-order valence-electron chi connectivity index (χ4n) is 4.29. The number of ketones is 1. The van der Waals surface area contributed by atoms with E-state index < -0.39 is 29.5 Å². The molecule has 1 saturated heterocycles. The van der Waals surface area contributed by atoms with E-state index in [1.165, 1.54) is 44.4 Å². The molecule has 4 rings (SSSR count). The summed E-state index contributed by atoms with van der Waals surface area (Å²) in [5.41, 5.74) is 1.33. The number of ether oxygens (including phenoxy) is 3. The van der Waals surface area contributed by atoms with Gasteiger partial charge in [-0.3, -0.25) is 9.59 Å². The summed E-state index contributed by atoms with van der Waals surface area (Å²) in [4.78, 5) is 39.2. The van der Waals surface area contributed by atoms with E-state index >= 15 is 0 Å². The minimum Gasteiger partial charge on any atom is -0.507 e. The molecule has 1 unspecified atom stereocenters. The van der Waals surface area contributed by atoms with Gasteiger partial charge in [0, 0.05) is 6.54 Å². The molecule has 0 bridgehead atoms. The minimum atomic E-state index is -1.07. The summed E-state index contributed by atoms with van der Waals surface area (Å²) in [5, 5.41) is 20.6. The number of carbonyl (C=O) groups excluding carboxylic acids is 2. The second-order valence-electron chi connectivity index (χ2n) is 8.27. The largest absolute Gasteiger partial charge is 0.507 e. The maximum Gasteiger partial charge on any atom is 0.335 e. The van der Waals surface area contributed by atoms with Crippen molar-refractivity contribution < 1.29 is 38.8 Å². The van der Waals surface area contributed by atoms with Crippen LogP contribution < -0.4 is 14.2 Å². The van der Waals surface area contributed by atoms with E-state index in [4.69, 9.17) is 14.2 Å². The molecule has 1 aliphatic rings. The van der Waals surface area contributed by atoms with Crippen molar-refractivity contribution in [1.82, 2.24) is 4.90 Å². The van der Waals surface area contributed by atoms with Gasteiger partial charge in [0.15, 0.2) is 0 Å². The van der Waals surface area contributed by atoms with E-state index in [1.54, 1.807) is 48.5 Å². The van der Waals surface area contributed by atoms with Gasteiger partial charge >= 0.3 is 5.97 Å². The van der Waals surface area contributed by atoms with Crippen molar-refractivity contribution in [2.75, 3.05) is 21.3 Å². The number of carbonyl (C=O) groups is 3.